The SMILES string of the molecule is C/C=C\c1ccc(C2=CC=CCC=C2)o1.CC. The average molecular weight is 228 g/mol. The molecule has 0 radical (unpaired) electrons. The summed E-state index contributed by atoms with van der Waals surface area (Å²) in [6.07, 6.45) is 15.4. The van der Waals surface area contributed by atoms with E-state index >= 15 is 0 Å². The van der Waals surface area contributed by atoms with Gasteiger partial charge in [-0.2, -0.15) is 0 Å². The van der Waals surface area contributed by atoms with E-state index in [1.54, 1.807) is 0 Å². The van der Waals surface area contributed by atoms with Crippen LogP contribution in [0.15, 0.2) is 53.0 Å². The zero-order valence-electron chi connectivity index (χ0n) is 10.8. The van der Waals surface area contributed by atoms with Gasteiger partial charge < -0.3 is 4.42 Å². The summed E-state index contributed by atoms with van der Waals surface area (Å²) in [6, 6.07) is 3.99. The van der Waals surface area contributed by atoms with Crippen molar-refractivity contribution in [3.63, 3.8) is 0 Å². The standard InChI is InChI=1S/C14H14O.C2H6/c1-2-7-13-10-11-14(15-13)12-8-5-3-4-6-9-12;1-2/h2-3,5-11H,4H2,1H3;1-2H3/b7-2-;. The molecule has 0 amide bonds. The predicted octanol–water partition coefficient (Wildman–Crippen LogP) is 5.24. The Balaban J connectivity index is 0.000000686. The molecule has 1 aromatic rings. The zero-order valence-corrected chi connectivity index (χ0v) is 10.8. The first-order chi connectivity index (χ1) is 8.40. The molecule has 0 atom stereocenters. The van der Waals surface area contributed by atoms with Crippen molar-refractivity contribution in [1.29, 1.82) is 0 Å². The topological polar surface area (TPSA) is 13.1 Å². The highest BCUT2D eigenvalue weighted by atomic mass is 16.3. The summed E-state index contributed by atoms with van der Waals surface area (Å²) in [4.78, 5) is 0. The minimum atomic E-state index is 0.898. The Hall–Kier alpha value is -1.76. The normalized spacial score (nSPS) is 14.2. The van der Waals surface area contributed by atoms with Gasteiger partial charge in [0.1, 0.15) is 11.5 Å². The van der Waals surface area contributed by atoms with Gasteiger partial charge in [0.15, 0.2) is 0 Å². The molecule has 0 aliphatic heterocycles. The molecule has 1 nitrogen and oxygen atoms in total. The lowest BCUT2D eigenvalue weighted by Crippen LogP contribution is -1.73. The first-order valence-corrected chi connectivity index (χ1v) is 6.16. The van der Waals surface area contributed by atoms with E-state index in [4.69, 9.17) is 4.42 Å². The van der Waals surface area contributed by atoms with E-state index in [1.165, 1.54) is 0 Å². The summed E-state index contributed by atoms with van der Waals surface area (Å²) in [6.45, 7) is 5.98. The Labute approximate surface area is 104 Å². The number of furan rings is 1. The van der Waals surface area contributed by atoms with Crippen LogP contribution >= 0.6 is 0 Å². The smallest absolute Gasteiger partial charge is 0.134 e. The molecule has 0 N–H and O–H groups in total. The van der Waals surface area contributed by atoms with Gasteiger partial charge in [-0.3, -0.25) is 0 Å². The van der Waals surface area contributed by atoms with Crippen LogP contribution in [0.3, 0.4) is 0 Å². The number of rotatable bonds is 2. The summed E-state index contributed by atoms with van der Waals surface area (Å²) < 4.78 is 5.68. The second kappa shape index (κ2) is 7.50. The van der Waals surface area contributed by atoms with Crippen molar-refractivity contribution in [3.05, 3.63) is 60.1 Å². The molecule has 1 heterocycles. The minimum absolute atomic E-state index is 0.898. The Kier molecular flexibility index (Phi) is 5.87. The monoisotopic (exact) mass is 228 g/mol. The third kappa shape index (κ3) is 3.95. The first-order valence-electron chi connectivity index (χ1n) is 6.16. The lowest BCUT2D eigenvalue weighted by Gasteiger charge is -1.94. The molecule has 1 heteroatoms. The molecule has 0 saturated heterocycles. The second-order valence-electron chi connectivity index (χ2n) is 3.39. The van der Waals surface area contributed by atoms with Crippen molar-refractivity contribution in [2.45, 2.75) is 27.2 Å². The lowest BCUT2D eigenvalue weighted by molar-refractivity contribution is 0.544. The van der Waals surface area contributed by atoms with Crippen LogP contribution in [0.4, 0.5) is 0 Å². The summed E-state index contributed by atoms with van der Waals surface area (Å²) in [5.74, 6) is 1.82. The molecule has 0 bridgehead atoms. The van der Waals surface area contributed by atoms with Gasteiger partial charge in [-0.05, 0) is 31.6 Å². The minimum Gasteiger partial charge on any atom is -0.457 e. The summed E-state index contributed by atoms with van der Waals surface area (Å²) in [5.41, 5.74) is 1.12. The van der Waals surface area contributed by atoms with E-state index in [0.717, 1.165) is 23.5 Å². The highest BCUT2D eigenvalue weighted by Crippen LogP contribution is 2.21. The van der Waals surface area contributed by atoms with Crippen LogP contribution in [0.1, 0.15) is 38.7 Å². The van der Waals surface area contributed by atoms with Crippen molar-refractivity contribution < 1.29 is 4.42 Å². The number of hydrogen-bond acceptors (Lipinski definition) is 1. The van der Waals surface area contributed by atoms with E-state index in [2.05, 4.69) is 30.4 Å². The van der Waals surface area contributed by atoms with Crippen LogP contribution < -0.4 is 0 Å². The van der Waals surface area contributed by atoms with Gasteiger partial charge >= 0.3 is 0 Å². The largest absolute Gasteiger partial charge is 0.457 e. The fraction of sp³-hybridized carbons (Fsp3) is 0.250. The second-order valence-corrected chi connectivity index (χ2v) is 3.39. The summed E-state index contributed by atoms with van der Waals surface area (Å²) in [5, 5.41) is 0. The van der Waals surface area contributed by atoms with Crippen LogP contribution in [0, 0.1) is 0 Å². The fourth-order valence-electron chi connectivity index (χ4n) is 1.51. The molecule has 90 valence electrons. The third-order valence-electron chi connectivity index (χ3n) is 2.22. The lowest BCUT2D eigenvalue weighted by atomic mass is 10.2. The van der Waals surface area contributed by atoms with Gasteiger partial charge in [0.25, 0.3) is 0 Å². The van der Waals surface area contributed by atoms with Crippen molar-refractivity contribution in [1.82, 2.24) is 0 Å². The molecule has 17 heavy (non-hydrogen) atoms. The first kappa shape index (κ1) is 13.3. The Morgan fingerprint density at radius 1 is 1.18 bits per heavy atom. The highest BCUT2D eigenvalue weighted by molar-refractivity contribution is 5.73. The maximum absolute atomic E-state index is 5.68. The quantitative estimate of drug-likeness (QED) is 0.674. The van der Waals surface area contributed by atoms with Crippen molar-refractivity contribution in [2.75, 3.05) is 0 Å². The van der Waals surface area contributed by atoms with E-state index in [-0.39, 0.29) is 0 Å². The van der Waals surface area contributed by atoms with Gasteiger partial charge in [-0.15, -0.1) is 0 Å². The third-order valence-corrected chi connectivity index (χ3v) is 2.22. The summed E-state index contributed by atoms with van der Waals surface area (Å²) in [7, 11) is 0. The van der Waals surface area contributed by atoms with E-state index in [9.17, 15) is 0 Å². The summed E-state index contributed by atoms with van der Waals surface area (Å²) >= 11 is 0. The fourth-order valence-corrected chi connectivity index (χ4v) is 1.51. The molecular formula is C16H20O. The van der Waals surface area contributed by atoms with Crippen LogP contribution in [0.25, 0.3) is 11.6 Å². The zero-order chi connectivity index (χ0) is 12.5. The molecule has 2 rings (SSSR count). The van der Waals surface area contributed by atoms with Gasteiger partial charge in [0, 0.05) is 5.57 Å². The number of hydrogen-bond donors (Lipinski definition) is 0. The molecule has 1 aliphatic rings. The van der Waals surface area contributed by atoms with Gasteiger partial charge in [0.2, 0.25) is 0 Å². The van der Waals surface area contributed by atoms with Crippen LogP contribution in [-0.4, -0.2) is 0 Å². The predicted molar refractivity (Wildman–Crippen MR) is 75.6 cm³/mol. The van der Waals surface area contributed by atoms with Gasteiger partial charge in [-0.1, -0.05) is 50.3 Å². The van der Waals surface area contributed by atoms with Crippen molar-refractivity contribution >= 4 is 11.6 Å². The van der Waals surface area contributed by atoms with Crippen molar-refractivity contribution in [3.8, 4) is 0 Å². The molecule has 1 aliphatic carbocycles. The van der Waals surface area contributed by atoms with Gasteiger partial charge in [0.05, 0.1) is 0 Å². The van der Waals surface area contributed by atoms with Crippen LogP contribution in [-0.2, 0) is 0 Å². The highest BCUT2D eigenvalue weighted by Gasteiger charge is 2.03. The van der Waals surface area contributed by atoms with Crippen molar-refractivity contribution in [2.24, 2.45) is 0 Å². The maximum Gasteiger partial charge on any atom is 0.134 e. The average Bonchev–Trinajstić information content (AvgIpc) is 2.67. The molecular weight excluding hydrogens is 208 g/mol. The molecule has 0 aromatic carbocycles. The molecule has 0 saturated carbocycles. The number of allylic oxidation sites excluding steroid dienone is 7. The molecule has 0 unspecified atom stereocenters. The Bertz CT molecular complexity index is 442. The van der Waals surface area contributed by atoms with Crippen LogP contribution in [0.5, 0.6) is 0 Å². The van der Waals surface area contributed by atoms with E-state index < -0.39 is 0 Å². The van der Waals surface area contributed by atoms with E-state index in [0.29, 0.717) is 0 Å². The maximum atomic E-state index is 5.68. The Morgan fingerprint density at radius 2 is 2.00 bits per heavy atom. The van der Waals surface area contributed by atoms with Gasteiger partial charge in [-0.25, -0.2) is 0 Å². The van der Waals surface area contributed by atoms with Crippen LogP contribution in [0.2, 0.25) is 0 Å². The molecule has 0 fully saturated rings. The molecule has 0 spiro atoms. The van der Waals surface area contributed by atoms with E-state index in [1.807, 2.05) is 45.1 Å². The molecule has 1 aromatic heterocycles. The Morgan fingerprint density at radius 3 is 2.76 bits per heavy atom.